The summed E-state index contributed by atoms with van der Waals surface area (Å²) in [5.74, 6) is 1.92. The Morgan fingerprint density at radius 1 is 1.27 bits per heavy atom. The lowest BCUT2D eigenvalue weighted by Gasteiger charge is -2.16. The molecule has 1 N–H and O–H groups in total. The molecule has 1 aromatic carbocycles. The van der Waals surface area contributed by atoms with E-state index >= 15 is 0 Å². The molecule has 1 unspecified atom stereocenters. The van der Waals surface area contributed by atoms with Gasteiger partial charge in [0.15, 0.2) is 0 Å². The van der Waals surface area contributed by atoms with Crippen molar-refractivity contribution in [2.75, 3.05) is 19.6 Å². The Balaban J connectivity index is 1.26. The molecule has 1 atom stereocenters. The number of hydrogen-bond acceptors (Lipinski definition) is 3. The van der Waals surface area contributed by atoms with Crippen molar-refractivity contribution in [2.45, 2.75) is 57.7 Å². The molecule has 0 amide bonds. The lowest BCUT2D eigenvalue weighted by Crippen LogP contribution is -2.27. The monoisotopic (exact) mass is 300 g/mol. The minimum absolute atomic E-state index is 0.0372. The molecule has 4 rings (SSSR count). The third-order valence-electron chi connectivity index (χ3n) is 5.27. The van der Waals surface area contributed by atoms with E-state index in [4.69, 9.17) is 4.74 Å². The van der Waals surface area contributed by atoms with Gasteiger partial charge in [0.2, 0.25) is 0 Å². The Hall–Kier alpha value is -1.06. The lowest BCUT2D eigenvalue weighted by atomic mass is 10.00. The van der Waals surface area contributed by atoms with Crippen molar-refractivity contribution in [1.29, 1.82) is 0 Å². The van der Waals surface area contributed by atoms with Crippen LogP contribution in [0.1, 0.15) is 44.2 Å². The van der Waals surface area contributed by atoms with Crippen LogP contribution in [-0.2, 0) is 13.0 Å². The van der Waals surface area contributed by atoms with Crippen LogP contribution in [0.25, 0.3) is 0 Å². The van der Waals surface area contributed by atoms with Crippen molar-refractivity contribution in [2.24, 2.45) is 5.92 Å². The zero-order valence-electron chi connectivity index (χ0n) is 13.9. The van der Waals surface area contributed by atoms with Gasteiger partial charge in [0, 0.05) is 25.6 Å². The highest BCUT2D eigenvalue weighted by Crippen LogP contribution is 2.35. The molecule has 1 saturated carbocycles. The fraction of sp³-hybridized carbons (Fsp3) is 0.684. The molecular weight excluding hydrogens is 272 g/mol. The van der Waals surface area contributed by atoms with Crippen LogP contribution < -0.4 is 10.1 Å². The second kappa shape index (κ2) is 5.54. The first-order valence-electron chi connectivity index (χ1n) is 8.85. The van der Waals surface area contributed by atoms with Crippen LogP contribution in [-0.4, -0.2) is 36.2 Å². The molecular formula is C19H28N2O. The number of rotatable bonds is 5. The zero-order valence-corrected chi connectivity index (χ0v) is 13.9. The number of nitrogens with one attached hydrogen (secondary N) is 1. The molecule has 120 valence electrons. The van der Waals surface area contributed by atoms with Crippen LogP contribution in [0.2, 0.25) is 0 Å². The molecule has 3 aliphatic rings. The number of hydrogen-bond donors (Lipinski definition) is 1. The van der Waals surface area contributed by atoms with E-state index in [-0.39, 0.29) is 5.60 Å². The highest BCUT2D eigenvalue weighted by Gasteiger charge is 2.34. The van der Waals surface area contributed by atoms with Crippen molar-refractivity contribution in [3.63, 3.8) is 0 Å². The van der Waals surface area contributed by atoms with Gasteiger partial charge in [0.25, 0.3) is 0 Å². The van der Waals surface area contributed by atoms with Crippen LogP contribution in [0, 0.1) is 5.92 Å². The van der Waals surface area contributed by atoms with Crippen LogP contribution in [0.15, 0.2) is 18.2 Å². The summed E-state index contributed by atoms with van der Waals surface area (Å²) >= 11 is 0. The van der Waals surface area contributed by atoms with Gasteiger partial charge in [-0.05, 0) is 69.3 Å². The summed E-state index contributed by atoms with van der Waals surface area (Å²) in [5.41, 5.74) is 2.71. The number of benzene rings is 1. The van der Waals surface area contributed by atoms with Crippen LogP contribution in [0.5, 0.6) is 5.75 Å². The van der Waals surface area contributed by atoms with Crippen molar-refractivity contribution < 1.29 is 4.74 Å². The number of ether oxygens (including phenoxy) is 1. The van der Waals surface area contributed by atoms with E-state index in [0.29, 0.717) is 0 Å². The summed E-state index contributed by atoms with van der Waals surface area (Å²) in [7, 11) is 0. The summed E-state index contributed by atoms with van der Waals surface area (Å²) in [6.07, 6.45) is 5.27. The molecule has 1 aromatic rings. The topological polar surface area (TPSA) is 24.5 Å². The van der Waals surface area contributed by atoms with Crippen molar-refractivity contribution in [1.82, 2.24) is 10.2 Å². The minimum Gasteiger partial charge on any atom is -0.487 e. The molecule has 2 heterocycles. The lowest BCUT2D eigenvalue weighted by molar-refractivity contribution is 0.138. The van der Waals surface area contributed by atoms with E-state index in [2.05, 4.69) is 42.3 Å². The van der Waals surface area contributed by atoms with Gasteiger partial charge in [-0.25, -0.2) is 0 Å². The average molecular weight is 300 g/mol. The number of fused-ring (bicyclic) bond motifs is 1. The summed E-state index contributed by atoms with van der Waals surface area (Å²) in [6.45, 7) is 9.09. The van der Waals surface area contributed by atoms with Gasteiger partial charge in [-0.3, -0.25) is 0 Å². The fourth-order valence-corrected chi connectivity index (χ4v) is 3.99. The van der Waals surface area contributed by atoms with Crippen LogP contribution in [0.4, 0.5) is 0 Å². The van der Waals surface area contributed by atoms with E-state index in [1.54, 1.807) is 0 Å². The quantitative estimate of drug-likeness (QED) is 0.905. The fourth-order valence-electron chi connectivity index (χ4n) is 3.99. The molecule has 2 aliphatic heterocycles. The molecule has 1 saturated heterocycles. The third kappa shape index (κ3) is 3.16. The van der Waals surface area contributed by atoms with Crippen molar-refractivity contribution in [3.8, 4) is 5.75 Å². The molecule has 0 aromatic heterocycles. The predicted octanol–water partition coefficient (Wildman–Crippen LogP) is 2.97. The highest BCUT2D eigenvalue weighted by atomic mass is 16.5. The van der Waals surface area contributed by atoms with Gasteiger partial charge in [-0.1, -0.05) is 12.1 Å². The Labute approximate surface area is 134 Å². The number of likely N-dealkylation sites (tertiary alicyclic amines) is 1. The maximum Gasteiger partial charge on any atom is 0.123 e. The number of nitrogens with zero attached hydrogens (tertiary/aromatic N) is 1. The van der Waals surface area contributed by atoms with E-state index in [1.807, 2.05) is 0 Å². The first kappa shape index (κ1) is 14.5. The molecule has 0 radical (unpaired) electrons. The van der Waals surface area contributed by atoms with Gasteiger partial charge in [0.05, 0.1) is 0 Å². The maximum atomic E-state index is 5.95. The van der Waals surface area contributed by atoms with Crippen molar-refractivity contribution in [3.05, 3.63) is 29.3 Å². The summed E-state index contributed by atoms with van der Waals surface area (Å²) in [6, 6.07) is 7.61. The van der Waals surface area contributed by atoms with E-state index in [0.717, 1.165) is 37.2 Å². The van der Waals surface area contributed by atoms with Crippen LogP contribution in [0.3, 0.4) is 0 Å². The minimum atomic E-state index is -0.0372. The van der Waals surface area contributed by atoms with Gasteiger partial charge in [-0.2, -0.15) is 0 Å². The molecule has 1 aliphatic carbocycles. The molecule has 0 spiro atoms. The van der Waals surface area contributed by atoms with E-state index < -0.39 is 0 Å². The standard InChI is InChI=1S/C19H28N2O/c1-19(2)10-16-9-14(3-6-18(16)22-19)11-20-12-15-7-8-21(13-15)17-4-5-17/h3,6,9,15,17,20H,4-5,7-8,10-13H2,1-2H3. The Morgan fingerprint density at radius 2 is 2.14 bits per heavy atom. The SMILES string of the molecule is CC1(C)Cc2cc(CNCC3CCN(C4CC4)C3)ccc2O1. The molecule has 22 heavy (non-hydrogen) atoms. The van der Waals surface area contributed by atoms with Gasteiger partial charge >= 0.3 is 0 Å². The highest BCUT2D eigenvalue weighted by molar-refractivity contribution is 5.41. The zero-order chi connectivity index (χ0) is 15.2. The van der Waals surface area contributed by atoms with E-state index in [9.17, 15) is 0 Å². The average Bonchev–Trinajstić information content (AvgIpc) is 3.12. The smallest absolute Gasteiger partial charge is 0.123 e. The molecule has 3 heteroatoms. The first-order chi connectivity index (χ1) is 10.6. The Kier molecular flexibility index (Phi) is 3.66. The summed E-state index contributed by atoms with van der Waals surface area (Å²) < 4.78 is 5.95. The maximum absolute atomic E-state index is 5.95. The van der Waals surface area contributed by atoms with Gasteiger partial charge in [0.1, 0.15) is 11.4 Å². The second-order valence-electron chi connectivity index (χ2n) is 7.99. The molecule has 3 nitrogen and oxygen atoms in total. The summed E-state index contributed by atoms with van der Waals surface area (Å²) in [4.78, 5) is 2.70. The largest absolute Gasteiger partial charge is 0.487 e. The first-order valence-corrected chi connectivity index (χ1v) is 8.85. The Bertz CT molecular complexity index is 550. The Morgan fingerprint density at radius 3 is 2.95 bits per heavy atom. The normalized spacial score (nSPS) is 26.9. The van der Waals surface area contributed by atoms with Crippen LogP contribution >= 0.6 is 0 Å². The molecule has 2 fully saturated rings. The van der Waals surface area contributed by atoms with Gasteiger partial charge in [-0.15, -0.1) is 0 Å². The van der Waals surface area contributed by atoms with E-state index in [1.165, 1.54) is 43.5 Å². The predicted molar refractivity (Wildman–Crippen MR) is 89.3 cm³/mol. The molecule has 0 bridgehead atoms. The third-order valence-corrected chi connectivity index (χ3v) is 5.27. The summed E-state index contributed by atoms with van der Waals surface area (Å²) in [5, 5.41) is 3.67. The second-order valence-corrected chi connectivity index (χ2v) is 7.99. The van der Waals surface area contributed by atoms with Crippen molar-refractivity contribution >= 4 is 0 Å². The van der Waals surface area contributed by atoms with Gasteiger partial charge < -0.3 is 15.0 Å².